The van der Waals surface area contributed by atoms with Crippen LogP contribution in [0.15, 0.2) is 11.8 Å². The number of rotatable bonds is 4. The third-order valence-corrected chi connectivity index (χ3v) is 1.67. The van der Waals surface area contributed by atoms with E-state index in [1.54, 1.807) is 6.92 Å². The maximum Gasteiger partial charge on any atom is 0.332 e. The molecule has 0 spiro atoms. The summed E-state index contributed by atoms with van der Waals surface area (Å²) >= 11 is 0. The summed E-state index contributed by atoms with van der Waals surface area (Å²) in [5, 5.41) is 1.94. The molecule has 0 aliphatic carbocycles. The molecule has 0 unspecified atom stereocenters. The lowest BCUT2D eigenvalue weighted by Crippen LogP contribution is -2.39. The Kier molecular flexibility index (Phi) is 5.57. The molecule has 0 atom stereocenters. The number of carbonyl (C=O) groups is 2. The molecule has 1 N–H and O–H groups in total. The fourth-order valence-electron chi connectivity index (χ4n) is 0.801. The third kappa shape index (κ3) is 5.84. The van der Waals surface area contributed by atoms with Crippen molar-refractivity contribution in [1.29, 1.82) is 0 Å². The summed E-state index contributed by atoms with van der Waals surface area (Å²) in [6.07, 6.45) is 0.574. The summed E-state index contributed by atoms with van der Waals surface area (Å²) < 4.78 is 30.7. The van der Waals surface area contributed by atoms with E-state index >= 15 is 0 Å². The van der Waals surface area contributed by atoms with Gasteiger partial charge >= 0.3 is 12.0 Å². The predicted octanol–water partition coefficient (Wildman–Crippen LogP) is 1.36. The van der Waals surface area contributed by atoms with Crippen molar-refractivity contribution in [1.82, 2.24) is 10.2 Å². The van der Waals surface area contributed by atoms with Crippen LogP contribution in [-0.4, -0.2) is 43.5 Å². The maximum atomic E-state index is 13.1. The number of nitrogens with one attached hydrogen (secondary N) is 1. The molecule has 0 aromatic carbocycles. The molecule has 2 amide bonds. The molecule has 0 saturated heterocycles. The lowest BCUT2D eigenvalue weighted by Gasteiger charge is -2.18. The molecule has 0 aromatic heterocycles. The minimum Gasteiger partial charge on any atom is -0.463 e. The molecule has 0 fully saturated rings. The quantitative estimate of drug-likeness (QED) is 0.605. The molecule has 98 valence electrons. The first-order chi connectivity index (χ1) is 7.68. The fraction of sp³-hybridized carbons (Fsp3) is 0.600. The predicted molar refractivity (Wildman–Crippen MR) is 57.6 cm³/mol. The van der Waals surface area contributed by atoms with Crippen molar-refractivity contribution >= 4 is 12.0 Å². The summed E-state index contributed by atoms with van der Waals surface area (Å²) in [6.45, 7) is 2.20. The van der Waals surface area contributed by atoms with Gasteiger partial charge in [0.1, 0.15) is 0 Å². The second-order valence-electron chi connectivity index (χ2n) is 3.52. The van der Waals surface area contributed by atoms with E-state index in [1.807, 2.05) is 5.32 Å². The smallest absolute Gasteiger partial charge is 0.332 e. The van der Waals surface area contributed by atoms with Gasteiger partial charge in [0, 0.05) is 27.1 Å². The first kappa shape index (κ1) is 15.3. The SMILES string of the molecule is CCOC(=O)/C=C(\NC(=O)N(C)C)C(C)(F)F. The van der Waals surface area contributed by atoms with Crippen molar-refractivity contribution in [3.05, 3.63) is 11.8 Å². The van der Waals surface area contributed by atoms with Crippen LogP contribution in [0.3, 0.4) is 0 Å². The van der Waals surface area contributed by atoms with Crippen LogP contribution in [0.2, 0.25) is 0 Å². The molecule has 0 saturated carbocycles. The third-order valence-electron chi connectivity index (χ3n) is 1.67. The van der Waals surface area contributed by atoms with Crippen molar-refractivity contribution in [3.8, 4) is 0 Å². The van der Waals surface area contributed by atoms with E-state index in [0.717, 1.165) is 4.90 Å². The highest BCUT2D eigenvalue weighted by molar-refractivity contribution is 5.85. The average Bonchev–Trinajstić information content (AvgIpc) is 2.15. The number of urea groups is 1. The number of halogens is 2. The minimum atomic E-state index is -3.33. The Morgan fingerprint density at radius 2 is 1.94 bits per heavy atom. The van der Waals surface area contributed by atoms with Gasteiger partial charge in [-0.3, -0.25) is 0 Å². The normalized spacial score (nSPS) is 12.0. The number of hydrogen-bond donors (Lipinski definition) is 1. The highest BCUT2D eigenvalue weighted by Gasteiger charge is 2.30. The summed E-state index contributed by atoms with van der Waals surface area (Å²) in [6, 6.07) is -0.748. The van der Waals surface area contributed by atoms with Crippen LogP contribution in [0.5, 0.6) is 0 Å². The number of esters is 1. The first-order valence-electron chi connectivity index (χ1n) is 4.93. The van der Waals surface area contributed by atoms with Gasteiger partial charge in [-0.1, -0.05) is 0 Å². The van der Waals surface area contributed by atoms with Crippen LogP contribution in [0.4, 0.5) is 13.6 Å². The number of allylic oxidation sites excluding steroid dienone is 1. The lowest BCUT2D eigenvalue weighted by atomic mass is 10.2. The summed E-state index contributed by atoms with van der Waals surface area (Å²) in [5.41, 5.74) is -0.797. The van der Waals surface area contributed by atoms with Crippen LogP contribution >= 0.6 is 0 Å². The number of alkyl halides is 2. The first-order valence-corrected chi connectivity index (χ1v) is 4.93. The Bertz CT molecular complexity index is 322. The highest BCUT2D eigenvalue weighted by Crippen LogP contribution is 2.21. The molecule has 0 heterocycles. The van der Waals surface area contributed by atoms with Crippen LogP contribution < -0.4 is 5.32 Å². The Morgan fingerprint density at radius 1 is 1.41 bits per heavy atom. The van der Waals surface area contributed by atoms with Crippen LogP contribution in [-0.2, 0) is 9.53 Å². The van der Waals surface area contributed by atoms with E-state index in [0.29, 0.717) is 13.0 Å². The van der Waals surface area contributed by atoms with Gasteiger partial charge in [-0.15, -0.1) is 0 Å². The number of carbonyl (C=O) groups excluding carboxylic acids is 2. The molecule has 0 aliphatic heterocycles. The van der Waals surface area contributed by atoms with Gasteiger partial charge in [-0.05, 0) is 6.92 Å². The van der Waals surface area contributed by atoms with Gasteiger partial charge in [-0.25, -0.2) is 18.4 Å². The van der Waals surface area contributed by atoms with E-state index < -0.39 is 23.6 Å². The molecule has 0 rings (SSSR count). The van der Waals surface area contributed by atoms with Crippen LogP contribution in [0.1, 0.15) is 13.8 Å². The van der Waals surface area contributed by atoms with Crippen molar-refractivity contribution < 1.29 is 23.1 Å². The highest BCUT2D eigenvalue weighted by atomic mass is 19.3. The number of nitrogens with zero attached hydrogens (tertiary/aromatic N) is 1. The van der Waals surface area contributed by atoms with E-state index in [-0.39, 0.29) is 6.61 Å². The van der Waals surface area contributed by atoms with Gasteiger partial charge in [0.2, 0.25) is 0 Å². The molecular weight excluding hydrogens is 234 g/mol. The second-order valence-corrected chi connectivity index (χ2v) is 3.52. The van der Waals surface area contributed by atoms with Crippen LogP contribution in [0, 0.1) is 0 Å². The Morgan fingerprint density at radius 3 is 2.29 bits per heavy atom. The van der Waals surface area contributed by atoms with E-state index in [9.17, 15) is 18.4 Å². The van der Waals surface area contributed by atoms with Gasteiger partial charge in [-0.2, -0.15) is 0 Å². The van der Waals surface area contributed by atoms with Gasteiger partial charge in [0.15, 0.2) is 0 Å². The van der Waals surface area contributed by atoms with Crippen molar-refractivity contribution in [2.45, 2.75) is 19.8 Å². The van der Waals surface area contributed by atoms with Crippen molar-refractivity contribution in [2.75, 3.05) is 20.7 Å². The molecular formula is C10H16F2N2O3. The zero-order valence-corrected chi connectivity index (χ0v) is 10.2. The van der Waals surface area contributed by atoms with Gasteiger partial charge in [0.25, 0.3) is 5.92 Å². The standard InChI is InChI=1S/C10H16F2N2O3/c1-5-17-8(15)6-7(10(2,11)12)13-9(16)14(3)4/h6H,5H2,1-4H3,(H,13,16)/b7-6-. The van der Waals surface area contributed by atoms with Crippen molar-refractivity contribution in [3.63, 3.8) is 0 Å². The van der Waals surface area contributed by atoms with Crippen molar-refractivity contribution in [2.24, 2.45) is 0 Å². The zero-order valence-electron chi connectivity index (χ0n) is 10.2. The number of amides is 2. The summed E-state index contributed by atoms with van der Waals surface area (Å²) in [4.78, 5) is 23.4. The van der Waals surface area contributed by atoms with Crippen LogP contribution in [0.25, 0.3) is 0 Å². The zero-order chi connectivity index (χ0) is 13.6. The molecule has 17 heavy (non-hydrogen) atoms. The molecule has 0 radical (unpaired) electrons. The minimum absolute atomic E-state index is 0.0690. The Labute approximate surface area is 98.4 Å². The fourth-order valence-corrected chi connectivity index (χ4v) is 0.801. The monoisotopic (exact) mass is 250 g/mol. The number of ether oxygens (including phenoxy) is 1. The largest absolute Gasteiger partial charge is 0.463 e. The maximum absolute atomic E-state index is 13.1. The van der Waals surface area contributed by atoms with E-state index in [1.165, 1.54) is 14.1 Å². The van der Waals surface area contributed by atoms with Gasteiger partial charge in [0.05, 0.1) is 12.3 Å². The summed E-state index contributed by atoms with van der Waals surface area (Å²) in [5.74, 6) is -4.26. The molecule has 0 bridgehead atoms. The summed E-state index contributed by atoms with van der Waals surface area (Å²) in [7, 11) is 2.79. The van der Waals surface area contributed by atoms with E-state index in [2.05, 4.69) is 4.74 Å². The average molecular weight is 250 g/mol. The molecule has 5 nitrogen and oxygen atoms in total. The topological polar surface area (TPSA) is 58.6 Å². The lowest BCUT2D eigenvalue weighted by molar-refractivity contribution is -0.137. The van der Waals surface area contributed by atoms with E-state index in [4.69, 9.17) is 0 Å². The Balaban J connectivity index is 4.91. The molecule has 0 aromatic rings. The number of hydrogen-bond acceptors (Lipinski definition) is 3. The second kappa shape index (κ2) is 6.17. The molecule has 7 heteroatoms. The Hall–Kier alpha value is -1.66. The molecule has 0 aliphatic rings. The van der Waals surface area contributed by atoms with Gasteiger partial charge < -0.3 is 15.0 Å².